The van der Waals surface area contributed by atoms with Crippen molar-refractivity contribution in [2.75, 3.05) is 72.0 Å². The topological polar surface area (TPSA) is 31.4 Å². The second kappa shape index (κ2) is 18.3. The molecule has 4 aromatic rings. The maximum absolute atomic E-state index is 6.24. The minimum atomic E-state index is 0.872. The van der Waals surface area contributed by atoms with Gasteiger partial charge in [0.05, 0.1) is 0 Å². The molecule has 0 amide bonds. The van der Waals surface area contributed by atoms with Crippen LogP contribution in [0.5, 0.6) is 23.0 Å². The van der Waals surface area contributed by atoms with Gasteiger partial charge in [-0.3, -0.25) is 0 Å². The van der Waals surface area contributed by atoms with Crippen molar-refractivity contribution >= 4 is 22.7 Å². The Morgan fingerprint density at radius 2 is 0.542 bits per heavy atom. The van der Waals surface area contributed by atoms with Crippen LogP contribution in [0.15, 0.2) is 97.1 Å². The van der Waals surface area contributed by atoms with Crippen molar-refractivity contribution in [2.24, 2.45) is 0 Å². The molecule has 7 aliphatic rings. The Bertz CT molecular complexity index is 1250. The molecule has 0 radical (unpaired) electrons. The zero-order valence-electron chi connectivity index (χ0n) is 29.7. The summed E-state index contributed by atoms with van der Waals surface area (Å²) in [7, 11) is 0. The highest BCUT2D eigenvalue weighted by molar-refractivity contribution is 5.53. The molecular formula is C42H56N4O2. The number of anilines is 4. The van der Waals surface area contributed by atoms with E-state index in [1.54, 1.807) is 0 Å². The lowest BCUT2D eigenvalue weighted by Gasteiger charge is -2.25. The predicted octanol–water partition coefficient (Wildman–Crippen LogP) is 10.6. The number of nitrogens with zero attached hydrogens (tertiary/aromatic N) is 4. The first kappa shape index (κ1) is 35.0. The van der Waals surface area contributed by atoms with Gasteiger partial charge in [0, 0.05) is 75.1 Å². The van der Waals surface area contributed by atoms with E-state index in [1.807, 2.05) is 0 Å². The molecular weight excluding hydrogens is 592 g/mol. The molecule has 0 unspecified atom stereocenters. The average molecular weight is 649 g/mol. The van der Waals surface area contributed by atoms with Gasteiger partial charge >= 0.3 is 0 Å². The third-order valence-corrected chi connectivity index (χ3v) is 9.52. The normalized spacial score (nSPS) is 15.6. The summed E-state index contributed by atoms with van der Waals surface area (Å²) in [4.78, 5) is 9.85. The van der Waals surface area contributed by atoms with Crippen LogP contribution in [0, 0.1) is 0 Å². The molecule has 0 fully saturated rings. The smallest absolute Gasteiger partial charge is 0.127 e. The van der Waals surface area contributed by atoms with Gasteiger partial charge in [0.1, 0.15) is 23.0 Å². The molecule has 0 saturated heterocycles. The second-order valence-corrected chi connectivity index (χ2v) is 12.6. The van der Waals surface area contributed by atoms with Gasteiger partial charge in [-0.25, -0.2) is 0 Å². The summed E-state index contributed by atoms with van der Waals surface area (Å²) in [5, 5.41) is 0. The molecule has 0 atom stereocenters. The van der Waals surface area contributed by atoms with Gasteiger partial charge in [0.25, 0.3) is 0 Å². The summed E-state index contributed by atoms with van der Waals surface area (Å²) in [5.41, 5.74) is 5.00. The number of benzene rings is 4. The van der Waals surface area contributed by atoms with Gasteiger partial charge in [-0.2, -0.15) is 0 Å². The molecule has 0 spiro atoms. The van der Waals surface area contributed by atoms with Crippen LogP contribution >= 0.6 is 0 Å². The van der Waals surface area contributed by atoms with Crippen molar-refractivity contribution in [3.05, 3.63) is 97.1 Å². The lowest BCUT2D eigenvalue weighted by molar-refractivity contribution is 0.482. The van der Waals surface area contributed by atoms with E-state index in [0.29, 0.717) is 0 Å². The van der Waals surface area contributed by atoms with Crippen molar-refractivity contribution < 1.29 is 9.47 Å². The van der Waals surface area contributed by atoms with Gasteiger partial charge in [-0.15, -0.1) is 0 Å². The van der Waals surface area contributed by atoms with Gasteiger partial charge in [-0.1, -0.05) is 0 Å². The molecule has 0 N–H and O–H groups in total. The van der Waals surface area contributed by atoms with E-state index in [2.05, 4.69) is 144 Å². The van der Waals surface area contributed by atoms with E-state index in [-0.39, 0.29) is 0 Å². The molecule has 8 bridgehead atoms. The largest absolute Gasteiger partial charge is 0.457 e. The average Bonchev–Trinajstić information content (AvgIpc) is 3.13. The van der Waals surface area contributed by atoms with Gasteiger partial charge in [0.15, 0.2) is 0 Å². The number of rotatable bonds is 4. The van der Waals surface area contributed by atoms with E-state index in [1.165, 1.54) is 61.3 Å². The monoisotopic (exact) mass is 648 g/mol. The molecule has 256 valence electrons. The molecule has 7 aliphatic heterocycles. The molecule has 0 saturated carbocycles. The van der Waals surface area contributed by atoms with Crippen LogP contribution in [0.1, 0.15) is 66.2 Å². The Morgan fingerprint density at radius 3 is 0.729 bits per heavy atom. The number of hydrogen-bond acceptors (Lipinski definition) is 6. The van der Waals surface area contributed by atoms with Crippen LogP contribution in [0.25, 0.3) is 0 Å². The Balaban J connectivity index is 1.27. The molecule has 6 heteroatoms. The van der Waals surface area contributed by atoms with E-state index in [9.17, 15) is 0 Å². The Hall–Kier alpha value is -4.32. The van der Waals surface area contributed by atoms with E-state index >= 15 is 0 Å². The van der Waals surface area contributed by atoms with Gasteiger partial charge < -0.3 is 29.1 Å². The number of hydrogen-bond donors (Lipinski definition) is 0. The molecule has 0 aromatic heterocycles. The van der Waals surface area contributed by atoms with E-state index in [0.717, 1.165) is 75.4 Å². The summed E-state index contributed by atoms with van der Waals surface area (Å²) in [6.45, 7) is 17.1. The highest BCUT2D eigenvalue weighted by Gasteiger charge is 2.10. The molecule has 7 heterocycles. The van der Waals surface area contributed by atoms with Crippen molar-refractivity contribution in [3.8, 4) is 23.0 Å². The van der Waals surface area contributed by atoms with Gasteiger partial charge in [0.2, 0.25) is 0 Å². The van der Waals surface area contributed by atoms with E-state index < -0.39 is 0 Å². The van der Waals surface area contributed by atoms with E-state index in [4.69, 9.17) is 9.47 Å². The lowest BCUT2D eigenvalue weighted by Crippen LogP contribution is -2.25. The lowest BCUT2D eigenvalue weighted by atomic mass is 10.2. The Morgan fingerprint density at radius 1 is 0.333 bits per heavy atom. The molecule has 6 nitrogen and oxygen atoms in total. The molecule has 0 aliphatic carbocycles. The summed E-state index contributed by atoms with van der Waals surface area (Å²) in [6.07, 6.45) is 7.09. The van der Waals surface area contributed by atoms with Crippen molar-refractivity contribution in [1.82, 2.24) is 0 Å². The standard InChI is InChI=1S/C42H56N4O2/c1-5-43-31-11-9-12-32-44(6-2)36-19-27-41(28-20-36)48-42-29-21-38(22-30-42)46(8-4)34-14-10-13-33-45(7-3)37-17-25-40(26-18-37)47-39-23-15-35(43)16-24-39/h15-30H,5-14,31-34H2,1-4H3. The summed E-state index contributed by atoms with van der Waals surface area (Å²) < 4.78 is 12.5. The molecule has 11 rings (SSSR count). The minimum absolute atomic E-state index is 0.872. The highest BCUT2D eigenvalue weighted by atomic mass is 16.5. The van der Waals surface area contributed by atoms with Crippen LogP contribution in [0.3, 0.4) is 0 Å². The van der Waals surface area contributed by atoms with Gasteiger partial charge in [-0.05, 0) is 163 Å². The van der Waals surface area contributed by atoms with Crippen LogP contribution in [0.4, 0.5) is 22.7 Å². The summed E-state index contributed by atoms with van der Waals surface area (Å²) in [5.74, 6) is 3.49. The van der Waals surface area contributed by atoms with Crippen LogP contribution in [-0.2, 0) is 0 Å². The maximum Gasteiger partial charge on any atom is 0.127 e. The quantitative estimate of drug-likeness (QED) is 0.219. The van der Waals surface area contributed by atoms with Crippen LogP contribution in [-0.4, -0.2) is 52.4 Å². The van der Waals surface area contributed by atoms with Crippen molar-refractivity contribution in [3.63, 3.8) is 0 Å². The van der Waals surface area contributed by atoms with Crippen LogP contribution < -0.4 is 29.1 Å². The fourth-order valence-electron chi connectivity index (χ4n) is 6.62. The third kappa shape index (κ3) is 9.85. The summed E-state index contributed by atoms with van der Waals surface area (Å²) >= 11 is 0. The van der Waals surface area contributed by atoms with Crippen molar-refractivity contribution in [2.45, 2.75) is 66.2 Å². The maximum atomic E-state index is 6.24. The Kier molecular flexibility index (Phi) is 13.3. The number of ether oxygens (including phenoxy) is 2. The highest BCUT2D eigenvalue weighted by Crippen LogP contribution is 2.29. The molecule has 4 aromatic carbocycles. The molecule has 48 heavy (non-hydrogen) atoms. The zero-order chi connectivity index (χ0) is 33.6. The minimum Gasteiger partial charge on any atom is -0.457 e. The summed E-state index contributed by atoms with van der Waals surface area (Å²) in [6, 6.07) is 34.3. The first-order chi connectivity index (χ1) is 23.6. The SMILES string of the molecule is CCN1CCCCCN(CC)c2ccc(cc2)Oc2ccc(cc2)N(CC)CCCCCN(CC)c2ccc(cc2)Oc2ccc1cc2. The van der Waals surface area contributed by atoms with Crippen LogP contribution in [0.2, 0.25) is 0 Å². The van der Waals surface area contributed by atoms with Crippen molar-refractivity contribution in [1.29, 1.82) is 0 Å². The second-order valence-electron chi connectivity index (χ2n) is 12.6. The Labute approximate surface area is 289 Å². The fraction of sp³-hybridized carbons (Fsp3) is 0.429. The third-order valence-electron chi connectivity index (χ3n) is 9.52. The zero-order valence-corrected chi connectivity index (χ0v) is 29.7. The fourth-order valence-corrected chi connectivity index (χ4v) is 6.62. The first-order valence-corrected chi connectivity index (χ1v) is 18.4. The predicted molar refractivity (Wildman–Crippen MR) is 205 cm³/mol. The first-order valence-electron chi connectivity index (χ1n) is 18.4.